The van der Waals surface area contributed by atoms with Gasteiger partial charge in [0.2, 0.25) is 0 Å². The van der Waals surface area contributed by atoms with Gasteiger partial charge >= 0.3 is 40.4 Å². The zero-order chi connectivity index (χ0) is 18.5. The van der Waals surface area contributed by atoms with Crippen LogP contribution in [0, 0.1) is 0 Å². The van der Waals surface area contributed by atoms with Crippen molar-refractivity contribution < 1.29 is 24.9 Å². The summed E-state index contributed by atoms with van der Waals surface area (Å²) in [4.78, 5) is 18.6. The fourth-order valence-electron chi connectivity index (χ4n) is 2.64. The summed E-state index contributed by atoms with van der Waals surface area (Å²) in [6.45, 7) is 2.27. The molecule has 144 valence electrons. The van der Waals surface area contributed by atoms with Crippen molar-refractivity contribution in [3.8, 4) is 0 Å². The molecule has 0 aliphatic rings. The van der Waals surface area contributed by atoms with Gasteiger partial charge in [-0.3, -0.25) is 0 Å². The van der Waals surface area contributed by atoms with Crippen LogP contribution in [0.3, 0.4) is 0 Å². The first-order valence-corrected chi connectivity index (χ1v) is 9.58. The molecule has 0 aromatic heterocycles. The Labute approximate surface area is 186 Å². The first-order chi connectivity index (χ1) is 11.5. The molecule has 0 aliphatic carbocycles. The van der Waals surface area contributed by atoms with Crippen LogP contribution in [0.15, 0.2) is 0 Å². The average Bonchev–Trinajstić information content (AvgIpc) is 2.50. The average molecular weight is 395 g/mol. The zero-order valence-electron chi connectivity index (χ0n) is 16.6. The van der Waals surface area contributed by atoms with Gasteiger partial charge < -0.3 is 24.9 Å². The number of hydrogen-bond donors (Lipinski definition) is 0. The normalized spacial score (nSPS) is 9.27. The van der Waals surface area contributed by atoms with E-state index in [1.165, 1.54) is 83.5 Å². The van der Waals surface area contributed by atoms with Crippen molar-refractivity contribution in [2.45, 2.75) is 110 Å². The van der Waals surface area contributed by atoms with Gasteiger partial charge in [-0.2, -0.15) is 0 Å². The van der Waals surface area contributed by atoms with Crippen molar-refractivity contribution in [3.63, 3.8) is 0 Å². The van der Waals surface area contributed by atoms with Crippen LogP contribution < -0.4 is 15.3 Å². The molecule has 7 heteroatoms. The monoisotopic (exact) mass is 394 g/mol. The standard InChI is InChI=1S/C18H36O2.CH2O3.Al.Mg/c1-2-3-4-5-6-7-8-9-10-11-12-13-14-15-16-17-18(19)20;2-1(3)4;;/h2-17H2,1H3,(H,19,20);(H2,2,3,4);;/q;;+3;+2/p-3. The third-order valence-corrected chi connectivity index (χ3v) is 3.98. The number of carboxylic acid groups (broad SMARTS) is 3. The molecular weight excluding hydrogens is 359 g/mol. The Morgan fingerprint density at radius 3 is 1.04 bits per heavy atom. The molecule has 0 saturated carbocycles. The molecule has 0 atom stereocenters. The molecule has 0 radical (unpaired) electrons. The maximum absolute atomic E-state index is 10.2. The largest absolute Gasteiger partial charge is 3.00 e. The van der Waals surface area contributed by atoms with Gasteiger partial charge in [-0.15, -0.1) is 0 Å². The third-order valence-electron chi connectivity index (χ3n) is 3.98. The number of unbranched alkanes of at least 4 members (excludes halogenated alkanes) is 14. The molecule has 0 aromatic rings. The van der Waals surface area contributed by atoms with Gasteiger partial charge in [-0.05, 0) is 19.0 Å². The van der Waals surface area contributed by atoms with Crippen molar-refractivity contribution in [1.82, 2.24) is 0 Å². The summed E-state index contributed by atoms with van der Waals surface area (Å²) in [5.74, 6) is -0.903. The molecule has 0 spiro atoms. The van der Waals surface area contributed by atoms with Crippen LogP contribution in [0.25, 0.3) is 0 Å². The number of hydrogen-bond acceptors (Lipinski definition) is 5. The molecule has 0 heterocycles. The maximum Gasteiger partial charge on any atom is 3.00 e. The fraction of sp³-hybridized carbons (Fsp3) is 0.895. The van der Waals surface area contributed by atoms with Crippen LogP contribution in [0.4, 0.5) is 4.79 Å². The van der Waals surface area contributed by atoms with E-state index < -0.39 is 12.1 Å². The van der Waals surface area contributed by atoms with E-state index in [0.717, 1.165) is 12.8 Å². The van der Waals surface area contributed by atoms with Crippen molar-refractivity contribution in [1.29, 1.82) is 0 Å². The predicted molar refractivity (Wildman–Crippen MR) is 101 cm³/mol. The smallest absolute Gasteiger partial charge is 0.652 e. The Morgan fingerprint density at radius 2 is 0.808 bits per heavy atom. The zero-order valence-corrected chi connectivity index (χ0v) is 19.2. The molecule has 0 rings (SSSR count). The van der Waals surface area contributed by atoms with Crippen molar-refractivity contribution in [3.05, 3.63) is 0 Å². The summed E-state index contributed by atoms with van der Waals surface area (Å²) < 4.78 is 0. The van der Waals surface area contributed by atoms with E-state index in [1.54, 1.807) is 0 Å². The number of carbonyl (C=O) groups is 2. The van der Waals surface area contributed by atoms with Gasteiger partial charge in [-0.25, -0.2) is 0 Å². The summed E-state index contributed by atoms with van der Waals surface area (Å²) in [6, 6.07) is 0. The molecule has 5 nitrogen and oxygen atoms in total. The summed E-state index contributed by atoms with van der Waals surface area (Å²) in [7, 11) is 0. The van der Waals surface area contributed by atoms with Crippen molar-refractivity contribution in [2.75, 3.05) is 0 Å². The molecular formula is C19H35AlMgO5+2. The minimum Gasteiger partial charge on any atom is -0.652 e. The molecule has 0 amide bonds. The van der Waals surface area contributed by atoms with Gasteiger partial charge in [0, 0.05) is 5.97 Å². The summed E-state index contributed by atoms with van der Waals surface area (Å²) in [5.41, 5.74) is 0. The number of aliphatic carboxylic acids is 1. The first-order valence-electron chi connectivity index (χ1n) is 9.58. The van der Waals surface area contributed by atoms with Crippen molar-refractivity contribution in [2.24, 2.45) is 0 Å². The maximum atomic E-state index is 10.2. The molecule has 0 aromatic carbocycles. The van der Waals surface area contributed by atoms with Crippen LogP contribution >= 0.6 is 0 Å². The quantitative estimate of drug-likeness (QED) is 0.293. The predicted octanol–water partition coefficient (Wildman–Crippen LogP) is 1.79. The molecule has 0 unspecified atom stereocenters. The molecule has 0 fully saturated rings. The van der Waals surface area contributed by atoms with Crippen LogP contribution in [0.5, 0.6) is 0 Å². The summed E-state index contributed by atoms with van der Waals surface area (Å²) in [6.07, 6.45) is 17.5. The number of rotatable bonds is 16. The van der Waals surface area contributed by atoms with Gasteiger partial charge in [0.25, 0.3) is 0 Å². The van der Waals surface area contributed by atoms with Crippen LogP contribution in [-0.4, -0.2) is 52.5 Å². The molecule has 26 heavy (non-hydrogen) atoms. The SMILES string of the molecule is CCCCCCCCCCCCCCCCCC(=O)[O-].O=C([O-])[O-].[Al+3].[Mg+2]. The van der Waals surface area contributed by atoms with Gasteiger partial charge in [0.05, 0.1) is 0 Å². The van der Waals surface area contributed by atoms with E-state index in [0.29, 0.717) is 0 Å². The molecule has 0 aliphatic heterocycles. The van der Waals surface area contributed by atoms with E-state index in [4.69, 9.17) is 15.0 Å². The van der Waals surface area contributed by atoms with Gasteiger partial charge in [0.1, 0.15) is 0 Å². The Hall–Kier alpha value is 0.0387. The van der Waals surface area contributed by atoms with E-state index in [2.05, 4.69) is 6.92 Å². The summed E-state index contributed by atoms with van der Waals surface area (Å²) >= 11 is 0. The van der Waals surface area contributed by atoms with Crippen LogP contribution in [-0.2, 0) is 4.79 Å². The van der Waals surface area contributed by atoms with E-state index in [-0.39, 0.29) is 46.8 Å². The molecule has 0 bridgehead atoms. The second-order valence-electron chi connectivity index (χ2n) is 6.32. The molecule has 0 N–H and O–H groups in total. The minimum atomic E-state index is -2.33. The van der Waals surface area contributed by atoms with Crippen LogP contribution in [0.1, 0.15) is 110 Å². The number of carbonyl (C=O) groups excluding carboxylic acids is 2. The first kappa shape index (κ1) is 33.6. The summed E-state index contributed by atoms with van der Waals surface area (Å²) in [5, 5.41) is 26.9. The Bertz CT molecular complexity index is 287. The van der Waals surface area contributed by atoms with E-state index in [1.807, 2.05) is 0 Å². The van der Waals surface area contributed by atoms with Crippen molar-refractivity contribution >= 4 is 52.5 Å². The van der Waals surface area contributed by atoms with Crippen LogP contribution in [0.2, 0.25) is 0 Å². The Morgan fingerprint density at radius 1 is 0.577 bits per heavy atom. The number of carboxylic acids is 1. The topological polar surface area (TPSA) is 103 Å². The molecule has 0 saturated heterocycles. The Kier molecular flexibility index (Phi) is 38.5. The second-order valence-corrected chi connectivity index (χ2v) is 6.32. The van der Waals surface area contributed by atoms with E-state index in [9.17, 15) is 9.90 Å². The van der Waals surface area contributed by atoms with Gasteiger partial charge in [-0.1, -0.05) is 96.8 Å². The van der Waals surface area contributed by atoms with E-state index >= 15 is 0 Å². The third kappa shape index (κ3) is 43.9. The Balaban J connectivity index is -0.000000363. The fourth-order valence-corrected chi connectivity index (χ4v) is 2.64. The minimum absolute atomic E-state index is 0. The van der Waals surface area contributed by atoms with Gasteiger partial charge in [0.15, 0.2) is 0 Å². The second kappa shape index (κ2) is 29.8.